The van der Waals surface area contributed by atoms with Crippen molar-refractivity contribution in [2.24, 2.45) is 5.41 Å². The summed E-state index contributed by atoms with van der Waals surface area (Å²) in [5, 5.41) is 2.66. The molecule has 1 aromatic carbocycles. The fourth-order valence-corrected chi connectivity index (χ4v) is 2.40. The summed E-state index contributed by atoms with van der Waals surface area (Å²) >= 11 is 0. The highest BCUT2D eigenvalue weighted by Crippen LogP contribution is 2.35. The summed E-state index contributed by atoms with van der Waals surface area (Å²) in [5.41, 5.74) is -5.97. The summed E-state index contributed by atoms with van der Waals surface area (Å²) in [4.78, 5) is -1.10. The van der Waals surface area contributed by atoms with Gasteiger partial charge in [0.1, 0.15) is 10.7 Å². The lowest BCUT2D eigenvalue weighted by Gasteiger charge is -2.24. The van der Waals surface area contributed by atoms with Crippen LogP contribution in [0, 0.1) is 11.2 Å². The number of hydrogen-bond donors (Lipinski definition) is 1. The van der Waals surface area contributed by atoms with E-state index in [9.17, 15) is 26.0 Å². The minimum atomic E-state index is -5.61. The Kier molecular flexibility index (Phi) is 4.92. The van der Waals surface area contributed by atoms with Gasteiger partial charge in [-0.15, -0.1) is 0 Å². The van der Waals surface area contributed by atoms with Crippen LogP contribution in [0.2, 0.25) is 0 Å². The summed E-state index contributed by atoms with van der Waals surface area (Å²) in [6.45, 7) is 5.91. The molecule has 0 amide bonds. The maximum Gasteiger partial charge on any atom is 0.501 e. The van der Waals surface area contributed by atoms with Crippen molar-refractivity contribution >= 4 is 15.5 Å². The van der Waals surface area contributed by atoms with Gasteiger partial charge in [0.25, 0.3) is 9.84 Å². The lowest BCUT2D eigenvalue weighted by molar-refractivity contribution is -0.0435. The number of halogens is 4. The van der Waals surface area contributed by atoms with E-state index in [4.69, 9.17) is 0 Å². The molecule has 0 atom stereocenters. The molecule has 0 spiro atoms. The Labute approximate surface area is 121 Å². The maximum absolute atomic E-state index is 13.1. The average molecular weight is 327 g/mol. The van der Waals surface area contributed by atoms with Crippen LogP contribution in [-0.2, 0) is 9.84 Å². The van der Waals surface area contributed by atoms with Crippen molar-refractivity contribution in [3.8, 4) is 0 Å². The van der Waals surface area contributed by atoms with E-state index in [0.29, 0.717) is 6.07 Å². The minimum Gasteiger partial charge on any atom is -0.383 e. The second-order valence-corrected chi connectivity index (χ2v) is 7.37. The number of anilines is 1. The predicted octanol–water partition coefficient (Wildman–Crippen LogP) is 3.97. The summed E-state index contributed by atoms with van der Waals surface area (Å²) < 4.78 is 74.0. The van der Waals surface area contributed by atoms with Crippen molar-refractivity contribution in [3.63, 3.8) is 0 Å². The molecule has 120 valence electrons. The Bertz CT molecular complexity index is 609. The molecular formula is C13H17F4NO2S. The third-order valence-electron chi connectivity index (χ3n) is 3.25. The Morgan fingerprint density at radius 2 is 1.76 bits per heavy atom. The maximum atomic E-state index is 13.1. The van der Waals surface area contributed by atoms with E-state index in [1.165, 1.54) is 0 Å². The molecule has 0 saturated carbocycles. The lowest BCUT2D eigenvalue weighted by Crippen LogP contribution is -2.26. The molecule has 1 aromatic rings. The van der Waals surface area contributed by atoms with E-state index in [1.54, 1.807) is 0 Å². The largest absolute Gasteiger partial charge is 0.501 e. The molecule has 3 nitrogen and oxygen atoms in total. The van der Waals surface area contributed by atoms with Gasteiger partial charge >= 0.3 is 5.51 Å². The molecule has 0 fully saturated rings. The summed E-state index contributed by atoms with van der Waals surface area (Å²) in [7, 11) is -5.61. The van der Waals surface area contributed by atoms with Crippen LogP contribution in [-0.4, -0.2) is 20.5 Å². The van der Waals surface area contributed by atoms with Crippen LogP contribution >= 0.6 is 0 Å². The molecule has 0 aliphatic carbocycles. The third-order valence-corrected chi connectivity index (χ3v) is 4.78. The Morgan fingerprint density at radius 3 is 2.24 bits per heavy atom. The number of nitrogens with one attached hydrogen (secondary N) is 1. The molecule has 8 heteroatoms. The van der Waals surface area contributed by atoms with Gasteiger partial charge in [-0.25, -0.2) is 12.8 Å². The summed E-state index contributed by atoms with van der Waals surface area (Å²) in [6, 6.07) is 2.29. The normalized spacial score (nSPS) is 13.3. The van der Waals surface area contributed by atoms with Crippen LogP contribution in [0.5, 0.6) is 0 Å². The zero-order valence-electron chi connectivity index (χ0n) is 11.9. The van der Waals surface area contributed by atoms with E-state index in [-0.39, 0.29) is 17.6 Å². The van der Waals surface area contributed by atoms with E-state index >= 15 is 0 Å². The second kappa shape index (κ2) is 5.82. The van der Waals surface area contributed by atoms with E-state index in [2.05, 4.69) is 5.32 Å². The first-order valence-corrected chi connectivity index (χ1v) is 7.74. The van der Waals surface area contributed by atoms with Crippen molar-refractivity contribution in [1.29, 1.82) is 0 Å². The van der Waals surface area contributed by atoms with Gasteiger partial charge in [0.15, 0.2) is 0 Å². The molecule has 1 N–H and O–H groups in total. The van der Waals surface area contributed by atoms with E-state index < -0.39 is 26.1 Å². The van der Waals surface area contributed by atoms with Gasteiger partial charge in [0, 0.05) is 6.54 Å². The Balaban J connectivity index is 3.25. The van der Waals surface area contributed by atoms with Crippen molar-refractivity contribution in [3.05, 3.63) is 24.0 Å². The zero-order valence-corrected chi connectivity index (χ0v) is 12.7. The number of sulfone groups is 1. The SMILES string of the molecule is CCC(C)(C)CNc1ccc(F)cc1S(=O)(=O)C(F)(F)F. The monoisotopic (exact) mass is 327 g/mol. The predicted molar refractivity (Wildman–Crippen MR) is 72.2 cm³/mol. The number of rotatable bonds is 5. The first-order chi connectivity index (χ1) is 9.40. The molecule has 21 heavy (non-hydrogen) atoms. The molecule has 0 heterocycles. The highest BCUT2D eigenvalue weighted by molar-refractivity contribution is 7.92. The first kappa shape index (κ1) is 17.7. The van der Waals surface area contributed by atoms with Crippen LogP contribution in [0.1, 0.15) is 27.2 Å². The van der Waals surface area contributed by atoms with Gasteiger partial charge in [-0.2, -0.15) is 13.2 Å². The van der Waals surface area contributed by atoms with Gasteiger partial charge in [-0.05, 0) is 30.0 Å². The molecule has 0 aliphatic heterocycles. The zero-order chi connectivity index (χ0) is 16.5. The molecule has 0 saturated heterocycles. The van der Waals surface area contributed by atoms with Crippen molar-refractivity contribution in [2.45, 2.75) is 37.6 Å². The van der Waals surface area contributed by atoms with E-state index in [0.717, 1.165) is 18.6 Å². The van der Waals surface area contributed by atoms with Gasteiger partial charge in [0.2, 0.25) is 0 Å². The topological polar surface area (TPSA) is 46.2 Å². The van der Waals surface area contributed by atoms with Gasteiger partial charge < -0.3 is 5.32 Å². The van der Waals surface area contributed by atoms with Gasteiger partial charge in [0.05, 0.1) is 5.69 Å². The van der Waals surface area contributed by atoms with E-state index in [1.807, 2.05) is 20.8 Å². The summed E-state index contributed by atoms with van der Waals surface area (Å²) in [6.07, 6.45) is 0.739. The van der Waals surface area contributed by atoms with Crippen LogP contribution < -0.4 is 5.32 Å². The highest BCUT2D eigenvalue weighted by Gasteiger charge is 2.48. The first-order valence-electron chi connectivity index (χ1n) is 6.25. The number of benzene rings is 1. The van der Waals surface area contributed by atoms with Gasteiger partial charge in [-0.3, -0.25) is 0 Å². The van der Waals surface area contributed by atoms with Crippen LogP contribution in [0.15, 0.2) is 23.1 Å². The van der Waals surface area contributed by atoms with Crippen molar-refractivity contribution < 1.29 is 26.0 Å². The molecule has 1 rings (SSSR count). The number of hydrogen-bond acceptors (Lipinski definition) is 3. The lowest BCUT2D eigenvalue weighted by atomic mass is 9.90. The molecule has 0 aliphatic rings. The molecule has 0 aromatic heterocycles. The Morgan fingerprint density at radius 1 is 1.19 bits per heavy atom. The third kappa shape index (κ3) is 4.09. The second-order valence-electron chi connectivity index (χ2n) is 5.46. The van der Waals surface area contributed by atoms with Crippen molar-refractivity contribution in [1.82, 2.24) is 0 Å². The number of alkyl halides is 3. The molecular weight excluding hydrogens is 310 g/mol. The van der Waals surface area contributed by atoms with Crippen LogP contribution in [0.3, 0.4) is 0 Å². The fourth-order valence-electron chi connectivity index (χ4n) is 1.45. The molecule has 0 bridgehead atoms. The van der Waals surface area contributed by atoms with Gasteiger partial charge in [-0.1, -0.05) is 20.8 Å². The summed E-state index contributed by atoms with van der Waals surface area (Å²) in [5.74, 6) is -1.04. The minimum absolute atomic E-state index is 0.242. The van der Waals surface area contributed by atoms with Crippen molar-refractivity contribution in [2.75, 3.05) is 11.9 Å². The smallest absolute Gasteiger partial charge is 0.383 e. The average Bonchev–Trinajstić information content (AvgIpc) is 2.36. The molecule has 0 unspecified atom stereocenters. The standard InChI is InChI=1S/C13H17F4NO2S/c1-4-12(2,3)8-18-10-6-5-9(14)7-11(10)21(19,20)13(15,16)17/h5-7,18H,4,8H2,1-3H3. The Hall–Kier alpha value is -1.31. The van der Waals surface area contributed by atoms with Crippen LogP contribution in [0.25, 0.3) is 0 Å². The van der Waals surface area contributed by atoms with Crippen LogP contribution in [0.4, 0.5) is 23.2 Å². The fraction of sp³-hybridized carbons (Fsp3) is 0.538. The highest BCUT2D eigenvalue weighted by atomic mass is 32.2. The molecule has 0 radical (unpaired) electrons. The quantitative estimate of drug-likeness (QED) is 0.833.